The summed E-state index contributed by atoms with van der Waals surface area (Å²) in [6.45, 7) is 25.2. The average Bonchev–Trinajstić information content (AvgIpc) is 3.52. The van der Waals surface area contributed by atoms with E-state index in [-0.39, 0.29) is 79.6 Å². The predicted molar refractivity (Wildman–Crippen MR) is 256 cm³/mol. The largest absolute Gasteiger partial charge is 0.491 e. The van der Waals surface area contributed by atoms with Gasteiger partial charge in [-0.1, -0.05) is 86.4 Å². The Hall–Kier alpha value is -2.96. The number of carbonyl (C=O) groups excluding carboxylic acids is 3. The zero-order valence-electron chi connectivity index (χ0n) is 41.4. The van der Waals surface area contributed by atoms with Gasteiger partial charge in [-0.2, -0.15) is 0 Å². The molecule has 1 amide bonds. The fraction of sp³-hybridized carbons (Fsp3) is 0.774. The third-order valence-electron chi connectivity index (χ3n) is 20.8. The first kappa shape index (κ1) is 49.5. The number of ether oxygens (including phenoxy) is 2. The third-order valence-corrected chi connectivity index (χ3v) is 22.6. The van der Waals surface area contributed by atoms with Gasteiger partial charge in [-0.3, -0.25) is 24.1 Å². The van der Waals surface area contributed by atoms with E-state index in [1.165, 1.54) is 5.57 Å². The van der Waals surface area contributed by atoms with Crippen LogP contribution in [-0.2, 0) is 29.0 Å². The van der Waals surface area contributed by atoms with Crippen molar-refractivity contribution in [3.63, 3.8) is 0 Å². The fourth-order valence-electron chi connectivity index (χ4n) is 16.2. The molecule has 0 bridgehead atoms. The van der Waals surface area contributed by atoms with E-state index in [9.17, 15) is 32.7 Å². The summed E-state index contributed by atoms with van der Waals surface area (Å²) in [5.74, 6) is -0.644. The van der Waals surface area contributed by atoms with Crippen molar-refractivity contribution in [3.8, 4) is 5.75 Å². The number of aliphatic carboxylic acids is 1. The summed E-state index contributed by atoms with van der Waals surface area (Å²) in [4.78, 5) is 55.9. The lowest BCUT2D eigenvalue weighted by Gasteiger charge is -2.76. The van der Waals surface area contributed by atoms with Crippen molar-refractivity contribution < 1.29 is 42.2 Å². The molecule has 1 saturated heterocycles. The van der Waals surface area contributed by atoms with Crippen molar-refractivity contribution in [1.29, 1.82) is 0 Å². The number of carboxylic acid groups (broad SMARTS) is 1. The topological polar surface area (TPSA) is 156 Å². The molecule has 1 aromatic carbocycles. The lowest BCUT2D eigenvalue weighted by atomic mass is 9.28. The average molecular weight is 954 g/mol. The molecule has 0 aromatic heterocycles. The highest BCUT2D eigenvalue weighted by Gasteiger charge is 2.74. The van der Waals surface area contributed by atoms with Crippen LogP contribution in [0.5, 0.6) is 5.75 Å². The second-order valence-corrected chi connectivity index (χ2v) is 27.1. The summed E-state index contributed by atoms with van der Waals surface area (Å²) < 4.78 is 36.4. The van der Waals surface area contributed by atoms with Crippen LogP contribution in [0, 0.1) is 67.5 Å². The van der Waals surface area contributed by atoms with E-state index < -0.39 is 33.1 Å². The normalized spacial score (nSPS) is 38.8. The number of carboxylic acids is 1. The van der Waals surface area contributed by atoms with E-state index >= 15 is 0 Å². The van der Waals surface area contributed by atoms with Crippen molar-refractivity contribution >= 4 is 45.1 Å². The van der Waals surface area contributed by atoms with Crippen LogP contribution in [0.2, 0.25) is 5.02 Å². The molecule has 366 valence electrons. The van der Waals surface area contributed by atoms with Gasteiger partial charge < -0.3 is 19.9 Å². The number of ketones is 1. The molecule has 6 aliphatic carbocycles. The highest BCUT2D eigenvalue weighted by Crippen LogP contribution is 2.81. The smallest absolute Gasteiger partial charge is 0.309 e. The number of halogens is 1. The highest BCUT2D eigenvalue weighted by atomic mass is 35.5. The van der Waals surface area contributed by atoms with E-state index in [1.54, 1.807) is 18.2 Å². The van der Waals surface area contributed by atoms with Gasteiger partial charge in [0.15, 0.2) is 15.6 Å². The van der Waals surface area contributed by atoms with E-state index in [0.717, 1.165) is 56.9 Å². The Morgan fingerprint density at radius 2 is 1.55 bits per heavy atom. The molecule has 6 fully saturated rings. The Morgan fingerprint density at radius 1 is 0.879 bits per heavy atom. The zero-order valence-corrected chi connectivity index (χ0v) is 42.9. The van der Waals surface area contributed by atoms with Crippen molar-refractivity contribution in [1.82, 2.24) is 10.2 Å². The molecule has 0 unspecified atom stereocenters. The molecular weight excluding hydrogens is 876 g/mol. The molecule has 66 heavy (non-hydrogen) atoms. The molecule has 2 N–H and O–H groups in total. The van der Waals surface area contributed by atoms with E-state index in [1.807, 2.05) is 13.8 Å². The maximum atomic E-state index is 14.3. The first-order valence-electron chi connectivity index (χ1n) is 25.0. The molecule has 13 heteroatoms. The molecule has 11 nitrogen and oxygen atoms in total. The maximum Gasteiger partial charge on any atom is 0.309 e. The minimum absolute atomic E-state index is 0.00693. The van der Waals surface area contributed by atoms with Crippen molar-refractivity contribution in [2.24, 2.45) is 67.5 Å². The predicted octanol–water partition coefficient (Wildman–Crippen LogP) is 9.60. The summed E-state index contributed by atoms with van der Waals surface area (Å²) >= 11 is 6.38. The van der Waals surface area contributed by atoms with E-state index in [4.69, 9.17) is 21.1 Å². The molecule has 0 radical (unpaired) electrons. The number of carbonyl (C=O) groups is 4. The number of sulfone groups is 1. The monoisotopic (exact) mass is 953 g/mol. The van der Waals surface area contributed by atoms with Crippen LogP contribution in [0.15, 0.2) is 29.3 Å². The Balaban J connectivity index is 0.983. The summed E-state index contributed by atoms with van der Waals surface area (Å²) in [5.41, 5.74) is 1.50. The van der Waals surface area contributed by atoms with Gasteiger partial charge in [0.2, 0.25) is 0 Å². The molecule has 5 saturated carbocycles. The van der Waals surface area contributed by atoms with E-state index in [2.05, 4.69) is 65.6 Å². The van der Waals surface area contributed by atoms with Crippen LogP contribution < -0.4 is 10.1 Å². The van der Waals surface area contributed by atoms with Gasteiger partial charge in [-0.25, -0.2) is 8.42 Å². The highest BCUT2D eigenvalue weighted by molar-refractivity contribution is 7.91. The van der Waals surface area contributed by atoms with Crippen LogP contribution in [0.1, 0.15) is 150 Å². The zero-order chi connectivity index (χ0) is 48.2. The van der Waals surface area contributed by atoms with Gasteiger partial charge >= 0.3 is 11.9 Å². The second kappa shape index (κ2) is 16.9. The van der Waals surface area contributed by atoms with Crippen molar-refractivity contribution in [2.45, 2.75) is 146 Å². The van der Waals surface area contributed by atoms with Crippen LogP contribution in [0.25, 0.3) is 0 Å². The Kier molecular flexibility index (Phi) is 12.6. The lowest BCUT2D eigenvalue weighted by Crippen LogP contribution is -2.70. The second-order valence-electron chi connectivity index (χ2n) is 24.3. The third kappa shape index (κ3) is 7.61. The fourth-order valence-corrected chi connectivity index (χ4v) is 17.6. The van der Waals surface area contributed by atoms with Crippen LogP contribution in [-0.4, -0.2) is 92.4 Å². The molecule has 1 aromatic rings. The Morgan fingerprint density at radius 3 is 2.20 bits per heavy atom. The number of esters is 1. The van der Waals surface area contributed by atoms with Gasteiger partial charge in [0.1, 0.15) is 18.5 Å². The molecule has 1 aliphatic heterocycles. The van der Waals surface area contributed by atoms with E-state index in [0.29, 0.717) is 74.3 Å². The number of Topliss-reactive ketones (excluding diaryl/α,β-unsaturated/α-hetero) is 1. The Bertz CT molecular complexity index is 2290. The lowest BCUT2D eigenvalue weighted by molar-refractivity contribution is -0.278. The summed E-state index contributed by atoms with van der Waals surface area (Å²) in [7, 11) is -2.99. The molecule has 0 spiro atoms. The SMILES string of the molecule is CC(C)C1=C2[C@H]3CC[C@@]4(C)[C@@](C)(CC[C@H]5C(C)(C)[C@@H](OC(=O)[C@H]6C[C@@H](C(=O)O)C6(C)C)CC[C@@]54C)[C@]3(C)CC[C@@]2(CCNC(=O)c2ccc(Cl)cc2OCCN2CCS(=O)(=O)CC2)CC1=O. The molecular formula is C53H77ClN2O9S. The number of fused-ring (bicyclic) bond motifs is 7. The van der Waals surface area contributed by atoms with Crippen LogP contribution in [0.3, 0.4) is 0 Å². The number of nitrogens with one attached hydrogen (secondary N) is 1. The van der Waals surface area contributed by atoms with Crippen LogP contribution >= 0.6 is 11.6 Å². The maximum absolute atomic E-state index is 14.3. The quantitative estimate of drug-likeness (QED) is 0.194. The number of hydrogen-bond acceptors (Lipinski definition) is 9. The minimum Gasteiger partial charge on any atom is -0.491 e. The van der Waals surface area contributed by atoms with Gasteiger partial charge in [0.05, 0.1) is 28.9 Å². The standard InChI is InChI=1S/C53H77ClN2O9S/c1-32(2)42-38(57)31-53(21-22-55-44(58)34-12-11-33(54)29-39(34)64-26-23-56-24-27-66(62,63)28-25-56)20-19-49(7)35(43(42)53)13-17-52(10)50(8)16-15-41(48(5,6)40(50)14-18-51(49,52)9)65-46(61)37-30-36(45(59)60)47(37,3)4/h11-12,29,32,35-37,40-41H,13-28,30-31H2,1-10H3,(H,55,58)(H,59,60)/t35-,36+,37-,40+,41+,49-,50+,51+,52-,53-/m1/s1. The molecule has 1 heterocycles. The van der Waals surface area contributed by atoms with Gasteiger partial charge in [0.25, 0.3) is 5.91 Å². The van der Waals surface area contributed by atoms with Crippen LogP contribution in [0.4, 0.5) is 0 Å². The van der Waals surface area contributed by atoms with Gasteiger partial charge in [-0.05, 0) is 133 Å². The number of hydrogen-bond donors (Lipinski definition) is 2. The van der Waals surface area contributed by atoms with Crippen molar-refractivity contribution in [2.75, 3.05) is 44.3 Å². The minimum atomic E-state index is -2.99. The van der Waals surface area contributed by atoms with Crippen molar-refractivity contribution in [3.05, 3.63) is 39.9 Å². The first-order chi connectivity index (χ1) is 30.7. The first-order valence-corrected chi connectivity index (χ1v) is 27.2. The number of amides is 1. The van der Waals surface area contributed by atoms with Gasteiger partial charge in [-0.15, -0.1) is 0 Å². The number of nitrogens with zero attached hydrogens (tertiary/aromatic N) is 1. The number of allylic oxidation sites excluding steroid dienone is 2. The summed E-state index contributed by atoms with van der Waals surface area (Å²) in [5, 5.41) is 13.4. The Labute approximate surface area is 399 Å². The summed E-state index contributed by atoms with van der Waals surface area (Å²) in [6, 6.07) is 5.04. The number of rotatable bonds is 12. The summed E-state index contributed by atoms with van der Waals surface area (Å²) in [6.07, 6.45) is 9.09. The van der Waals surface area contributed by atoms with Gasteiger partial charge in [0, 0.05) is 48.5 Å². The molecule has 7 aliphatic rings. The molecule has 10 atom stereocenters. The molecule has 8 rings (SSSR count). The number of benzene rings is 1.